The van der Waals surface area contributed by atoms with Crippen LogP contribution in [0.2, 0.25) is 0 Å². The van der Waals surface area contributed by atoms with Crippen molar-refractivity contribution in [2.45, 2.75) is 58.5 Å². The van der Waals surface area contributed by atoms with E-state index in [2.05, 4.69) is 23.4 Å². The second-order valence-corrected chi connectivity index (χ2v) is 5.48. The molecule has 2 N–H and O–H groups in total. The molecule has 0 aromatic carbocycles. The molecule has 0 unspecified atom stereocenters. The Kier molecular flexibility index (Phi) is 3.33. The van der Waals surface area contributed by atoms with Crippen LogP contribution < -0.4 is 5.73 Å². The maximum Gasteiger partial charge on any atom is 0.0948 e. The first-order valence-corrected chi connectivity index (χ1v) is 6.40. The van der Waals surface area contributed by atoms with Gasteiger partial charge in [0.05, 0.1) is 12.0 Å². The van der Waals surface area contributed by atoms with Crippen LogP contribution in [-0.2, 0) is 6.54 Å². The van der Waals surface area contributed by atoms with E-state index in [-0.39, 0.29) is 6.04 Å². The molecule has 0 radical (unpaired) electrons. The number of nitrogens with zero attached hydrogens (tertiary/aromatic N) is 2. The van der Waals surface area contributed by atoms with E-state index in [4.69, 9.17) is 5.73 Å². The third-order valence-corrected chi connectivity index (χ3v) is 3.93. The minimum Gasteiger partial charge on any atom is -0.333 e. The Morgan fingerprint density at radius 3 is 2.81 bits per heavy atom. The summed E-state index contributed by atoms with van der Waals surface area (Å²) in [5.41, 5.74) is 7.75. The lowest BCUT2D eigenvalue weighted by atomic mass is 9.88. The van der Waals surface area contributed by atoms with Crippen LogP contribution in [0.1, 0.15) is 57.7 Å². The van der Waals surface area contributed by atoms with Crippen molar-refractivity contribution in [2.24, 2.45) is 11.1 Å². The van der Waals surface area contributed by atoms with E-state index >= 15 is 0 Å². The van der Waals surface area contributed by atoms with E-state index in [0.29, 0.717) is 5.41 Å². The largest absolute Gasteiger partial charge is 0.333 e. The number of hydrogen-bond acceptors (Lipinski definition) is 2. The fourth-order valence-electron chi connectivity index (χ4n) is 2.78. The lowest BCUT2D eigenvalue weighted by molar-refractivity contribution is 0.276. The quantitative estimate of drug-likeness (QED) is 0.849. The van der Waals surface area contributed by atoms with Crippen LogP contribution in [0, 0.1) is 5.41 Å². The first-order chi connectivity index (χ1) is 7.64. The van der Waals surface area contributed by atoms with E-state index in [1.807, 2.05) is 12.5 Å². The Morgan fingerprint density at radius 1 is 1.50 bits per heavy atom. The van der Waals surface area contributed by atoms with Crippen LogP contribution in [0.5, 0.6) is 0 Å². The minimum atomic E-state index is 0.132. The highest BCUT2D eigenvalue weighted by molar-refractivity contribution is 5.05. The van der Waals surface area contributed by atoms with Crippen LogP contribution in [-0.4, -0.2) is 9.55 Å². The average molecular weight is 221 g/mol. The van der Waals surface area contributed by atoms with Crippen molar-refractivity contribution in [3.63, 3.8) is 0 Å². The normalized spacial score (nSPS) is 21.2. The van der Waals surface area contributed by atoms with Gasteiger partial charge in [0, 0.05) is 18.8 Å². The summed E-state index contributed by atoms with van der Waals surface area (Å²) in [6, 6.07) is 0.132. The second kappa shape index (κ2) is 4.58. The molecule has 3 heteroatoms. The molecule has 1 atom stereocenters. The van der Waals surface area contributed by atoms with Crippen molar-refractivity contribution >= 4 is 0 Å². The van der Waals surface area contributed by atoms with E-state index in [0.717, 1.165) is 13.0 Å². The molecule has 0 saturated heterocycles. The Bertz CT molecular complexity index is 337. The van der Waals surface area contributed by atoms with Gasteiger partial charge in [-0.2, -0.15) is 0 Å². The first-order valence-electron chi connectivity index (χ1n) is 6.40. The highest BCUT2D eigenvalue weighted by atomic mass is 15.1. The summed E-state index contributed by atoms with van der Waals surface area (Å²) >= 11 is 0. The zero-order chi connectivity index (χ0) is 11.6. The standard InChI is InChI=1S/C13H23N3/c1-3-11(14)12-8-15-10-16(12)9-13(2)6-4-5-7-13/h8,10-11H,3-7,9,14H2,1-2H3/t11-/m1/s1. The number of nitrogens with two attached hydrogens (primary N) is 1. The monoisotopic (exact) mass is 221 g/mol. The van der Waals surface area contributed by atoms with Gasteiger partial charge in [-0.1, -0.05) is 26.7 Å². The number of rotatable bonds is 4. The van der Waals surface area contributed by atoms with Crippen molar-refractivity contribution in [2.75, 3.05) is 0 Å². The molecule has 2 rings (SSSR count). The van der Waals surface area contributed by atoms with Crippen LogP contribution in [0.3, 0.4) is 0 Å². The minimum absolute atomic E-state index is 0.132. The Labute approximate surface area is 98.1 Å². The molecule has 1 fully saturated rings. The van der Waals surface area contributed by atoms with Crippen molar-refractivity contribution in [1.82, 2.24) is 9.55 Å². The topological polar surface area (TPSA) is 43.8 Å². The van der Waals surface area contributed by atoms with E-state index in [1.54, 1.807) is 0 Å². The highest BCUT2D eigenvalue weighted by Crippen LogP contribution is 2.39. The molecular weight excluding hydrogens is 198 g/mol. The third-order valence-electron chi connectivity index (χ3n) is 3.93. The molecule has 0 spiro atoms. The van der Waals surface area contributed by atoms with Crippen molar-refractivity contribution in [1.29, 1.82) is 0 Å². The van der Waals surface area contributed by atoms with Gasteiger partial charge in [0.1, 0.15) is 0 Å². The van der Waals surface area contributed by atoms with Gasteiger partial charge < -0.3 is 10.3 Å². The first kappa shape index (κ1) is 11.6. The van der Waals surface area contributed by atoms with Gasteiger partial charge >= 0.3 is 0 Å². The summed E-state index contributed by atoms with van der Waals surface area (Å²) in [4.78, 5) is 4.25. The predicted molar refractivity (Wildman–Crippen MR) is 66.0 cm³/mol. The number of aromatic nitrogens is 2. The molecule has 1 aliphatic rings. The summed E-state index contributed by atoms with van der Waals surface area (Å²) in [6.45, 7) is 5.59. The molecule has 1 saturated carbocycles. The van der Waals surface area contributed by atoms with Gasteiger partial charge in [-0.25, -0.2) is 4.98 Å². The second-order valence-electron chi connectivity index (χ2n) is 5.48. The lowest BCUT2D eigenvalue weighted by Crippen LogP contribution is -2.23. The molecule has 1 aromatic rings. The predicted octanol–water partition coefficient (Wildman–Crippen LogP) is 2.87. The summed E-state index contributed by atoms with van der Waals surface area (Å²) in [7, 11) is 0. The Morgan fingerprint density at radius 2 is 2.19 bits per heavy atom. The molecule has 16 heavy (non-hydrogen) atoms. The van der Waals surface area contributed by atoms with Crippen molar-refractivity contribution < 1.29 is 0 Å². The lowest BCUT2D eigenvalue weighted by Gasteiger charge is -2.26. The van der Waals surface area contributed by atoms with Crippen LogP contribution in [0.15, 0.2) is 12.5 Å². The van der Waals surface area contributed by atoms with Gasteiger partial charge in [-0.3, -0.25) is 0 Å². The van der Waals surface area contributed by atoms with Gasteiger partial charge in [0.2, 0.25) is 0 Å². The van der Waals surface area contributed by atoms with Crippen LogP contribution >= 0.6 is 0 Å². The van der Waals surface area contributed by atoms with Gasteiger partial charge in [0.25, 0.3) is 0 Å². The third kappa shape index (κ3) is 2.29. The summed E-state index contributed by atoms with van der Waals surface area (Å²) < 4.78 is 2.26. The Balaban J connectivity index is 2.12. The molecule has 0 aliphatic heterocycles. The summed E-state index contributed by atoms with van der Waals surface area (Å²) in [6.07, 6.45) is 10.3. The number of hydrogen-bond donors (Lipinski definition) is 1. The van der Waals surface area contributed by atoms with Crippen molar-refractivity contribution in [3.05, 3.63) is 18.2 Å². The van der Waals surface area contributed by atoms with Crippen LogP contribution in [0.25, 0.3) is 0 Å². The molecule has 1 aliphatic carbocycles. The smallest absolute Gasteiger partial charge is 0.0948 e. The van der Waals surface area contributed by atoms with Gasteiger partial charge in [-0.05, 0) is 24.7 Å². The number of imidazole rings is 1. The maximum absolute atomic E-state index is 6.10. The molecule has 0 bridgehead atoms. The van der Waals surface area contributed by atoms with E-state index in [1.165, 1.54) is 31.4 Å². The fourth-order valence-corrected chi connectivity index (χ4v) is 2.78. The molecule has 3 nitrogen and oxygen atoms in total. The van der Waals surface area contributed by atoms with E-state index < -0.39 is 0 Å². The molecular formula is C13H23N3. The SMILES string of the molecule is CC[C@@H](N)c1cncn1CC1(C)CCCC1. The molecule has 90 valence electrons. The zero-order valence-corrected chi connectivity index (χ0v) is 10.4. The molecule has 1 heterocycles. The average Bonchev–Trinajstić information content (AvgIpc) is 2.87. The van der Waals surface area contributed by atoms with Crippen LogP contribution in [0.4, 0.5) is 0 Å². The summed E-state index contributed by atoms with van der Waals surface area (Å²) in [5, 5.41) is 0. The van der Waals surface area contributed by atoms with E-state index in [9.17, 15) is 0 Å². The summed E-state index contributed by atoms with van der Waals surface area (Å²) in [5.74, 6) is 0. The molecule has 0 amide bonds. The Hall–Kier alpha value is -0.830. The van der Waals surface area contributed by atoms with Gasteiger partial charge in [-0.15, -0.1) is 0 Å². The highest BCUT2D eigenvalue weighted by Gasteiger charge is 2.29. The molecule has 1 aromatic heterocycles. The fraction of sp³-hybridized carbons (Fsp3) is 0.769. The van der Waals surface area contributed by atoms with Crippen molar-refractivity contribution in [3.8, 4) is 0 Å². The maximum atomic E-state index is 6.10. The zero-order valence-electron chi connectivity index (χ0n) is 10.4. The van der Waals surface area contributed by atoms with Gasteiger partial charge in [0.15, 0.2) is 0 Å².